The molecule has 28 heavy (non-hydrogen) atoms. The highest BCUT2D eigenvalue weighted by molar-refractivity contribution is 5.95. The van der Waals surface area contributed by atoms with Crippen LogP contribution in [0.25, 0.3) is 11.0 Å². The van der Waals surface area contributed by atoms with E-state index >= 15 is 0 Å². The average Bonchev–Trinajstić information content (AvgIpc) is 3.13. The van der Waals surface area contributed by atoms with Gasteiger partial charge in [-0.3, -0.25) is 4.79 Å². The number of Topliss-reactive ketones (excluding diaryl/α,β-unsaturated/α-hetero) is 1. The van der Waals surface area contributed by atoms with E-state index in [0.717, 1.165) is 55.6 Å². The van der Waals surface area contributed by atoms with Gasteiger partial charge in [0.25, 0.3) is 0 Å². The summed E-state index contributed by atoms with van der Waals surface area (Å²) in [6.07, 6.45) is 3.44. The van der Waals surface area contributed by atoms with Gasteiger partial charge in [-0.2, -0.15) is 0 Å². The van der Waals surface area contributed by atoms with E-state index in [-0.39, 0.29) is 24.0 Å². The molecule has 3 aromatic rings. The first-order chi connectivity index (χ1) is 13.2. The molecule has 0 saturated carbocycles. The van der Waals surface area contributed by atoms with Crippen molar-refractivity contribution in [1.82, 2.24) is 10.1 Å². The third kappa shape index (κ3) is 4.59. The number of carbonyl (C=O) groups excluding carboxylic acids is 1. The number of benzene rings is 2. The quantitative estimate of drug-likeness (QED) is 0.529. The number of fused-ring (bicyclic) bond motifs is 1. The van der Waals surface area contributed by atoms with Crippen LogP contribution in [-0.2, 0) is 0 Å². The third-order valence-electron chi connectivity index (χ3n) is 5.42. The van der Waals surface area contributed by atoms with Crippen molar-refractivity contribution in [3.8, 4) is 0 Å². The largest absolute Gasteiger partial charge is 0.356 e. The molecule has 148 valence electrons. The normalized spacial score (nSPS) is 15.5. The van der Waals surface area contributed by atoms with E-state index in [1.165, 1.54) is 12.1 Å². The van der Waals surface area contributed by atoms with Gasteiger partial charge in [0.15, 0.2) is 11.4 Å². The van der Waals surface area contributed by atoms with E-state index in [1.807, 2.05) is 18.2 Å². The highest BCUT2D eigenvalue weighted by Gasteiger charge is 2.24. The smallest absolute Gasteiger partial charge is 0.167 e. The van der Waals surface area contributed by atoms with Crippen LogP contribution in [0, 0.1) is 5.82 Å². The van der Waals surface area contributed by atoms with E-state index in [1.54, 1.807) is 12.1 Å². The number of hydrogen-bond donors (Lipinski definition) is 0. The van der Waals surface area contributed by atoms with Gasteiger partial charge in [-0.1, -0.05) is 17.3 Å². The predicted octanol–water partition coefficient (Wildman–Crippen LogP) is 5.23. The Bertz CT molecular complexity index is 918. The maximum atomic E-state index is 12.9. The van der Waals surface area contributed by atoms with Crippen LogP contribution in [-0.4, -0.2) is 35.5 Å². The summed E-state index contributed by atoms with van der Waals surface area (Å²) in [5, 5.41) is 5.43. The molecule has 4 rings (SSSR count). The van der Waals surface area contributed by atoms with Crippen molar-refractivity contribution in [2.75, 3.05) is 19.6 Å². The summed E-state index contributed by atoms with van der Waals surface area (Å²) < 4.78 is 18.4. The maximum Gasteiger partial charge on any atom is 0.167 e. The highest BCUT2D eigenvalue weighted by atomic mass is 35.5. The molecule has 1 aliphatic heterocycles. The van der Waals surface area contributed by atoms with Crippen molar-refractivity contribution in [2.24, 2.45) is 0 Å². The second kappa shape index (κ2) is 9.30. The van der Waals surface area contributed by atoms with Crippen LogP contribution in [0.2, 0.25) is 0 Å². The summed E-state index contributed by atoms with van der Waals surface area (Å²) in [6.45, 7) is 2.94. The number of para-hydroxylation sites is 1. The molecule has 2 aromatic carbocycles. The number of hydrogen-bond acceptors (Lipinski definition) is 4. The van der Waals surface area contributed by atoms with E-state index in [0.29, 0.717) is 17.9 Å². The molecule has 0 unspecified atom stereocenters. The van der Waals surface area contributed by atoms with Gasteiger partial charge in [0.1, 0.15) is 5.82 Å². The van der Waals surface area contributed by atoms with Crippen LogP contribution in [0.1, 0.15) is 47.7 Å². The summed E-state index contributed by atoms with van der Waals surface area (Å²) in [7, 11) is 0. The summed E-state index contributed by atoms with van der Waals surface area (Å²) in [4.78, 5) is 14.6. The van der Waals surface area contributed by atoms with Crippen LogP contribution in [0.15, 0.2) is 53.1 Å². The van der Waals surface area contributed by atoms with Crippen molar-refractivity contribution in [2.45, 2.75) is 31.6 Å². The Morgan fingerprint density at radius 3 is 2.57 bits per heavy atom. The second-order valence-electron chi connectivity index (χ2n) is 7.21. The number of ketones is 1. The molecule has 0 amide bonds. The molecule has 0 aliphatic carbocycles. The van der Waals surface area contributed by atoms with Gasteiger partial charge in [0.05, 0.1) is 5.69 Å². The van der Waals surface area contributed by atoms with Crippen LogP contribution in [0.5, 0.6) is 0 Å². The average molecular weight is 403 g/mol. The summed E-state index contributed by atoms with van der Waals surface area (Å²) in [5.41, 5.74) is 2.53. The van der Waals surface area contributed by atoms with Crippen molar-refractivity contribution < 1.29 is 13.7 Å². The zero-order valence-corrected chi connectivity index (χ0v) is 16.5. The lowest BCUT2D eigenvalue weighted by Gasteiger charge is -2.31. The van der Waals surface area contributed by atoms with Gasteiger partial charge in [-0.05, 0) is 75.3 Å². The zero-order valence-electron chi connectivity index (χ0n) is 15.6. The van der Waals surface area contributed by atoms with Crippen molar-refractivity contribution >= 4 is 29.2 Å². The molecule has 2 heterocycles. The van der Waals surface area contributed by atoms with E-state index in [9.17, 15) is 9.18 Å². The molecule has 1 saturated heterocycles. The highest BCUT2D eigenvalue weighted by Crippen LogP contribution is 2.32. The SMILES string of the molecule is Cl.O=C(CCCN1CCC(c2noc3ccccc23)CC1)c1ccc(F)cc1. The maximum absolute atomic E-state index is 12.9. The predicted molar refractivity (Wildman–Crippen MR) is 110 cm³/mol. The number of carbonyl (C=O) groups is 1. The minimum absolute atomic E-state index is 0. The Hall–Kier alpha value is -2.24. The number of nitrogens with zero attached hydrogens (tertiary/aromatic N) is 2. The molecule has 0 bridgehead atoms. The number of aromatic nitrogens is 1. The summed E-state index contributed by atoms with van der Waals surface area (Å²) >= 11 is 0. The van der Waals surface area contributed by atoms with Gasteiger partial charge in [0.2, 0.25) is 0 Å². The molecular formula is C22H24ClFN2O2. The fraction of sp³-hybridized carbons (Fsp3) is 0.364. The molecule has 1 fully saturated rings. The zero-order chi connectivity index (χ0) is 18.6. The number of rotatable bonds is 6. The molecule has 4 nitrogen and oxygen atoms in total. The molecule has 0 atom stereocenters. The topological polar surface area (TPSA) is 46.3 Å². The first kappa shape index (κ1) is 20.5. The minimum atomic E-state index is -0.311. The summed E-state index contributed by atoms with van der Waals surface area (Å²) in [5.74, 6) is 0.207. The molecule has 0 N–H and O–H groups in total. The lowest BCUT2D eigenvalue weighted by atomic mass is 9.91. The third-order valence-corrected chi connectivity index (χ3v) is 5.42. The van der Waals surface area contributed by atoms with Crippen LogP contribution in [0.4, 0.5) is 4.39 Å². The first-order valence-electron chi connectivity index (χ1n) is 9.56. The van der Waals surface area contributed by atoms with Crippen molar-refractivity contribution in [3.05, 3.63) is 65.6 Å². The van der Waals surface area contributed by atoms with E-state index < -0.39 is 0 Å². The van der Waals surface area contributed by atoms with E-state index in [2.05, 4.69) is 16.1 Å². The van der Waals surface area contributed by atoms with Gasteiger partial charge in [-0.15, -0.1) is 12.4 Å². The van der Waals surface area contributed by atoms with Crippen LogP contribution >= 0.6 is 12.4 Å². The fourth-order valence-corrected chi connectivity index (χ4v) is 3.87. The second-order valence-corrected chi connectivity index (χ2v) is 7.21. The molecular weight excluding hydrogens is 379 g/mol. The number of likely N-dealkylation sites (tertiary alicyclic amines) is 1. The van der Waals surface area contributed by atoms with Gasteiger partial charge in [0, 0.05) is 23.3 Å². The van der Waals surface area contributed by atoms with Crippen molar-refractivity contribution in [3.63, 3.8) is 0 Å². The molecule has 1 aromatic heterocycles. The monoisotopic (exact) mass is 402 g/mol. The van der Waals surface area contributed by atoms with E-state index in [4.69, 9.17) is 4.52 Å². The Morgan fingerprint density at radius 2 is 1.82 bits per heavy atom. The lowest BCUT2D eigenvalue weighted by Crippen LogP contribution is -2.34. The number of piperidine rings is 1. The number of halogens is 2. The van der Waals surface area contributed by atoms with Crippen LogP contribution < -0.4 is 0 Å². The van der Waals surface area contributed by atoms with Gasteiger partial charge >= 0.3 is 0 Å². The Labute approximate surface area is 170 Å². The standard InChI is InChI=1S/C22H23FN2O2.ClH/c23-18-9-7-16(8-10-18)20(26)5-3-13-25-14-11-17(12-15-25)22-19-4-1-2-6-21(19)27-24-22;/h1-2,4,6-10,17H,3,5,11-15H2;1H. The summed E-state index contributed by atoms with van der Waals surface area (Å²) in [6, 6.07) is 13.8. The fourth-order valence-electron chi connectivity index (χ4n) is 3.87. The Morgan fingerprint density at radius 1 is 1.11 bits per heavy atom. The minimum Gasteiger partial charge on any atom is -0.356 e. The van der Waals surface area contributed by atoms with Gasteiger partial charge in [-0.25, -0.2) is 4.39 Å². The molecule has 0 spiro atoms. The van der Waals surface area contributed by atoms with Gasteiger partial charge < -0.3 is 9.42 Å². The molecule has 0 radical (unpaired) electrons. The molecule has 1 aliphatic rings. The molecule has 6 heteroatoms. The first-order valence-corrected chi connectivity index (χ1v) is 9.56. The lowest BCUT2D eigenvalue weighted by molar-refractivity contribution is 0.0972. The van der Waals surface area contributed by atoms with Crippen molar-refractivity contribution in [1.29, 1.82) is 0 Å². The van der Waals surface area contributed by atoms with Crippen LogP contribution in [0.3, 0.4) is 0 Å². The Kier molecular flexibility index (Phi) is 6.81. The Balaban J connectivity index is 0.00000225.